The highest BCUT2D eigenvalue weighted by Gasteiger charge is 2.26. The van der Waals surface area contributed by atoms with Crippen LogP contribution in [-0.2, 0) is 9.84 Å². The molecule has 1 aromatic heterocycles. The molecule has 2 heterocycles. The van der Waals surface area contributed by atoms with Crippen molar-refractivity contribution in [1.29, 1.82) is 0 Å². The molecule has 104 valence electrons. The summed E-state index contributed by atoms with van der Waals surface area (Å²) in [6.07, 6.45) is 2.25. The van der Waals surface area contributed by atoms with Crippen molar-refractivity contribution in [1.82, 2.24) is 4.98 Å². The van der Waals surface area contributed by atoms with Crippen molar-refractivity contribution >= 4 is 21.6 Å². The van der Waals surface area contributed by atoms with Gasteiger partial charge in [-0.1, -0.05) is 0 Å². The molecule has 2 rings (SSSR count). The van der Waals surface area contributed by atoms with Crippen molar-refractivity contribution < 1.29 is 22.7 Å². The molecule has 1 aliphatic heterocycles. The highest BCUT2D eigenvalue weighted by molar-refractivity contribution is 7.91. The predicted octanol–water partition coefficient (Wildman–Crippen LogP) is 0.908. The van der Waals surface area contributed by atoms with E-state index in [-0.39, 0.29) is 17.3 Å². The van der Waals surface area contributed by atoms with Crippen molar-refractivity contribution in [2.24, 2.45) is 0 Å². The third kappa shape index (κ3) is 3.19. The Bertz CT molecular complexity index is 603. The van der Waals surface area contributed by atoms with E-state index in [1.54, 1.807) is 0 Å². The van der Waals surface area contributed by atoms with Crippen molar-refractivity contribution in [3.05, 3.63) is 23.6 Å². The smallest absolute Gasteiger partial charge is 0.338 e. The zero-order chi connectivity index (χ0) is 14.0. The molecule has 0 bridgehead atoms. The number of hydrogen-bond donors (Lipinski definition) is 2. The van der Waals surface area contributed by atoms with Gasteiger partial charge in [-0.15, -0.1) is 0 Å². The summed E-state index contributed by atoms with van der Waals surface area (Å²) in [6.45, 7) is 0. The lowest BCUT2D eigenvalue weighted by atomic mass is 10.2. The number of sulfone groups is 1. The summed E-state index contributed by atoms with van der Waals surface area (Å²) in [5, 5.41) is 11.5. The van der Waals surface area contributed by atoms with Gasteiger partial charge < -0.3 is 10.4 Å². The van der Waals surface area contributed by atoms with Gasteiger partial charge in [0.05, 0.1) is 11.5 Å². The van der Waals surface area contributed by atoms with Crippen LogP contribution in [0.4, 0.5) is 10.2 Å². The van der Waals surface area contributed by atoms with Crippen molar-refractivity contribution in [3.8, 4) is 0 Å². The Hall–Kier alpha value is -1.70. The second-order valence-electron chi connectivity index (χ2n) is 4.42. The van der Waals surface area contributed by atoms with Gasteiger partial charge in [0.15, 0.2) is 21.5 Å². The molecule has 1 aromatic rings. The maximum absolute atomic E-state index is 13.8. The van der Waals surface area contributed by atoms with E-state index in [0.717, 1.165) is 6.07 Å². The first-order valence-electron chi connectivity index (χ1n) is 5.74. The molecule has 1 atom stereocenters. The van der Waals surface area contributed by atoms with Crippen LogP contribution >= 0.6 is 0 Å². The number of nitrogens with one attached hydrogen (secondary N) is 1. The van der Waals surface area contributed by atoms with Crippen LogP contribution in [0.15, 0.2) is 12.3 Å². The minimum absolute atomic E-state index is 0.0918. The number of nitrogens with zero attached hydrogens (tertiary/aromatic N) is 1. The highest BCUT2D eigenvalue weighted by atomic mass is 32.2. The zero-order valence-corrected chi connectivity index (χ0v) is 10.8. The average Bonchev–Trinajstić information content (AvgIpc) is 2.30. The van der Waals surface area contributed by atoms with Crippen LogP contribution in [0.25, 0.3) is 0 Å². The fourth-order valence-electron chi connectivity index (χ4n) is 2.04. The summed E-state index contributed by atoms with van der Waals surface area (Å²) < 4.78 is 36.7. The SMILES string of the molecule is O=C(O)c1ccnc(NC2CCCS(=O)(=O)C2)c1F. The molecule has 1 aliphatic rings. The number of aromatic carboxylic acids is 1. The first kappa shape index (κ1) is 13.7. The molecule has 0 aromatic carbocycles. The number of hydrogen-bond acceptors (Lipinski definition) is 5. The van der Waals surface area contributed by atoms with Gasteiger partial charge in [0, 0.05) is 12.2 Å². The molecule has 0 radical (unpaired) electrons. The summed E-state index contributed by atoms with van der Waals surface area (Å²) in [4.78, 5) is 14.5. The predicted molar refractivity (Wildman–Crippen MR) is 66.5 cm³/mol. The Kier molecular flexibility index (Phi) is 3.70. The minimum Gasteiger partial charge on any atom is -0.478 e. The summed E-state index contributed by atoms with van der Waals surface area (Å²) in [7, 11) is -3.12. The van der Waals surface area contributed by atoms with Crippen molar-refractivity contribution in [2.75, 3.05) is 16.8 Å². The fourth-order valence-corrected chi connectivity index (χ4v) is 3.68. The standard InChI is InChI=1S/C11H13FN2O4S/c12-9-8(11(15)16)3-4-13-10(9)14-7-2-1-5-19(17,18)6-7/h3-4,7H,1-2,5-6H2,(H,13,14)(H,15,16). The van der Waals surface area contributed by atoms with Gasteiger partial charge in [-0.05, 0) is 18.9 Å². The molecule has 19 heavy (non-hydrogen) atoms. The molecule has 0 aliphatic carbocycles. The van der Waals surface area contributed by atoms with Crippen LogP contribution in [0.2, 0.25) is 0 Å². The van der Waals surface area contributed by atoms with Gasteiger partial charge in [-0.25, -0.2) is 22.6 Å². The van der Waals surface area contributed by atoms with Gasteiger partial charge >= 0.3 is 5.97 Å². The molecule has 1 fully saturated rings. The third-order valence-electron chi connectivity index (χ3n) is 2.92. The van der Waals surface area contributed by atoms with E-state index in [9.17, 15) is 17.6 Å². The molecular weight excluding hydrogens is 275 g/mol. The van der Waals surface area contributed by atoms with Gasteiger partial charge in [0.1, 0.15) is 5.56 Å². The first-order valence-corrected chi connectivity index (χ1v) is 7.56. The molecule has 2 N–H and O–H groups in total. The van der Waals surface area contributed by atoms with Crippen LogP contribution in [0.1, 0.15) is 23.2 Å². The summed E-state index contributed by atoms with van der Waals surface area (Å²) in [6, 6.07) is 0.616. The van der Waals surface area contributed by atoms with Gasteiger partial charge in [0.25, 0.3) is 0 Å². The molecule has 6 nitrogen and oxygen atoms in total. The second kappa shape index (κ2) is 5.12. The topological polar surface area (TPSA) is 96.4 Å². The Balaban J connectivity index is 2.20. The Morgan fingerprint density at radius 2 is 2.26 bits per heavy atom. The van der Waals surface area contributed by atoms with E-state index in [0.29, 0.717) is 12.8 Å². The number of halogens is 1. The van der Waals surface area contributed by atoms with E-state index in [2.05, 4.69) is 10.3 Å². The molecule has 8 heteroatoms. The molecule has 1 unspecified atom stereocenters. The molecule has 0 spiro atoms. The van der Waals surface area contributed by atoms with Crippen LogP contribution in [-0.4, -0.2) is 42.0 Å². The Morgan fingerprint density at radius 1 is 1.53 bits per heavy atom. The van der Waals surface area contributed by atoms with Crippen LogP contribution in [0.5, 0.6) is 0 Å². The minimum atomic E-state index is -3.12. The first-order chi connectivity index (χ1) is 8.89. The number of anilines is 1. The Morgan fingerprint density at radius 3 is 2.89 bits per heavy atom. The van der Waals surface area contributed by atoms with E-state index < -0.39 is 33.2 Å². The lowest BCUT2D eigenvalue weighted by Gasteiger charge is -2.23. The fraction of sp³-hybridized carbons (Fsp3) is 0.455. The molecule has 0 saturated carbocycles. The van der Waals surface area contributed by atoms with Gasteiger partial charge in [-0.3, -0.25) is 0 Å². The summed E-state index contributed by atoms with van der Waals surface area (Å²) >= 11 is 0. The van der Waals surface area contributed by atoms with E-state index in [1.807, 2.05) is 0 Å². The van der Waals surface area contributed by atoms with E-state index >= 15 is 0 Å². The third-order valence-corrected chi connectivity index (χ3v) is 4.74. The maximum Gasteiger partial charge on any atom is 0.338 e. The zero-order valence-electron chi connectivity index (χ0n) is 9.97. The Labute approximate surface area is 109 Å². The summed E-state index contributed by atoms with van der Waals surface area (Å²) in [5.41, 5.74) is -0.490. The largest absolute Gasteiger partial charge is 0.478 e. The number of carboxylic acids is 1. The number of rotatable bonds is 3. The summed E-state index contributed by atoms with van der Waals surface area (Å²) in [5.74, 6) is -2.54. The number of pyridine rings is 1. The lowest BCUT2D eigenvalue weighted by Crippen LogP contribution is -2.35. The number of carbonyl (C=O) groups is 1. The average molecular weight is 288 g/mol. The second-order valence-corrected chi connectivity index (χ2v) is 6.65. The van der Waals surface area contributed by atoms with Gasteiger partial charge in [0.2, 0.25) is 0 Å². The molecular formula is C11H13FN2O4S. The normalized spacial score (nSPS) is 21.8. The van der Waals surface area contributed by atoms with Crippen molar-refractivity contribution in [3.63, 3.8) is 0 Å². The van der Waals surface area contributed by atoms with Gasteiger partial charge in [-0.2, -0.15) is 0 Å². The van der Waals surface area contributed by atoms with Crippen LogP contribution in [0, 0.1) is 5.82 Å². The van der Waals surface area contributed by atoms with Crippen molar-refractivity contribution in [2.45, 2.75) is 18.9 Å². The molecule has 0 amide bonds. The van der Waals surface area contributed by atoms with Crippen LogP contribution < -0.4 is 5.32 Å². The number of carboxylic acid groups (broad SMARTS) is 1. The molecule has 1 saturated heterocycles. The van der Waals surface area contributed by atoms with E-state index in [4.69, 9.17) is 5.11 Å². The van der Waals surface area contributed by atoms with E-state index in [1.165, 1.54) is 6.20 Å². The number of aromatic nitrogens is 1. The monoisotopic (exact) mass is 288 g/mol. The quantitative estimate of drug-likeness (QED) is 0.858. The highest BCUT2D eigenvalue weighted by Crippen LogP contribution is 2.20. The maximum atomic E-state index is 13.8. The lowest BCUT2D eigenvalue weighted by molar-refractivity contribution is 0.0691. The van der Waals surface area contributed by atoms with Crippen LogP contribution in [0.3, 0.4) is 0 Å².